The van der Waals surface area contributed by atoms with E-state index in [0.717, 1.165) is 46.7 Å². The van der Waals surface area contributed by atoms with Crippen molar-refractivity contribution in [2.24, 2.45) is 0 Å². The minimum absolute atomic E-state index is 0.0364. The van der Waals surface area contributed by atoms with Crippen molar-refractivity contribution in [3.05, 3.63) is 88.4 Å². The molecule has 43 heavy (non-hydrogen) atoms. The maximum Gasteiger partial charge on any atom is 0.264 e. The van der Waals surface area contributed by atoms with Gasteiger partial charge < -0.3 is 15.0 Å². The molecular formula is C33H40ClN3O5S. The summed E-state index contributed by atoms with van der Waals surface area (Å²) in [5.41, 5.74) is 2.96. The lowest BCUT2D eigenvalue weighted by atomic mass is 10.1. The van der Waals surface area contributed by atoms with Crippen LogP contribution in [0.4, 0.5) is 5.69 Å². The number of aryl methyl sites for hydroxylation is 2. The van der Waals surface area contributed by atoms with E-state index in [2.05, 4.69) is 5.32 Å². The second-order valence-electron chi connectivity index (χ2n) is 11.0. The molecule has 0 bridgehead atoms. The number of nitrogens with one attached hydrogen (secondary N) is 1. The first-order valence-corrected chi connectivity index (χ1v) is 16.4. The molecule has 4 rings (SSSR count). The number of rotatable bonds is 12. The van der Waals surface area contributed by atoms with Gasteiger partial charge >= 0.3 is 0 Å². The fourth-order valence-electron chi connectivity index (χ4n) is 5.43. The van der Waals surface area contributed by atoms with E-state index in [4.69, 9.17) is 16.3 Å². The first-order chi connectivity index (χ1) is 20.5. The number of hydrogen-bond donors (Lipinski definition) is 1. The van der Waals surface area contributed by atoms with Crippen LogP contribution in [0.25, 0.3) is 0 Å². The number of anilines is 1. The van der Waals surface area contributed by atoms with Crippen LogP contribution in [0.2, 0.25) is 5.02 Å². The van der Waals surface area contributed by atoms with Crippen molar-refractivity contribution in [1.82, 2.24) is 10.2 Å². The van der Waals surface area contributed by atoms with Gasteiger partial charge in [-0.15, -0.1) is 0 Å². The third kappa shape index (κ3) is 7.70. The highest BCUT2D eigenvalue weighted by atomic mass is 35.5. The minimum Gasteiger partial charge on any atom is -0.495 e. The highest BCUT2D eigenvalue weighted by Crippen LogP contribution is 2.32. The van der Waals surface area contributed by atoms with Crippen LogP contribution >= 0.6 is 11.6 Å². The number of nitrogens with zero attached hydrogens (tertiary/aromatic N) is 2. The monoisotopic (exact) mass is 625 g/mol. The zero-order valence-electron chi connectivity index (χ0n) is 25.2. The molecule has 1 fully saturated rings. The SMILES string of the molecule is CC[C@@H](C(=O)NC1CCCC1)N(Cc1ccccc1C)C(=O)CN(c1ccc(OC)c(Cl)c1)S(=O)(=O)c1ccc(C)cc1. The Morgan fingerprint density at radius 2 is 1.70 bits per heavy atom. The summed E-state index contributed by atoms with van der Waals surface area (Å²) in [6.07, 6.45) is 4.31. The number of carbonyl (C=O) groups excluding carboxylic acids is 2. The highest BCUT2D eigenvalue weighted by Gasteiger charge is 2.35. The molecule has 10 heteroatoms. The molecule has 0 aromatic heterocycles. The minimum atomic E-state index is -4.20. The molecule has 0 heterocycles. The zero-order chi connectivity index (χ0) is 31.1. The first kappa shape index (κ1) is 32.4. The first-order valence-electron chi connectivity index (χ1n) is 14.6. The van der Waals surface area contributed by atoms with Crippen molar-refractivity contribution in [2.75, 3.05) is 18.0 Å². The van der Waals surface area contributed by atoms with Crippen LogP contribution in [0.15, 0.2) is 71.6 Å². The summed E-state index contributed by atoms with van der Waals surface area (Å²) >= 11 is 6.41. The molecule has 2 amide bonds. The van der Waals surface area contributed by atoms with Gasteiger partial charge in [-0.1, -0.05) is 73.3 Å². The number of halogens is 1. The maximum atomic E-state index is 14.3. The molecule has 1 saturated carbocycles. The van der Waals surface area contributed by atoms with Gasteiger partial charge in [-0.25, -0.2) is 8.42 Å². The number of carbonyl (C=O) groups is 2. The fourth-order valence-corrected chi connectivity index (χ4v) is 7.09. The van der Waals surface area contributed by atoms with Crippen molar-refractivity contribution >= 4 is 39.1 Å². The van der Waals surface area contributed by atoms with E-state index in [1.807, 2.05) is 45.0 Å². The molecule has 0 saturated heterocycles. The van der Waals surface area contributed by atoms with Crippen LogP contribution in [0.3, 0.4) is 0 Å². The summed E-state index contributed by atoms with van der Waals surface area (Å²) < 4.78 is 34.5. The summed E-state index contributed by atoms with van der Waals surface area (Å²) in [6, 6.07) is 18.0. The summed E-state index contributed by atoms with van der Waals surface area (Å²) in [7, 11) is -2.73. The summed E-state index contributed by atoms with van der Waals surface area (Å²) in [5.74, 6) is -0.351. The summed E-state index contributed by atoms with van der Waals surface area (Å²) in [5, 5.41) is 3.34. The van der Waals surface area contributed by atoms with E-state index in [-0.39, 0.29) is 34.1 Å². The van der Waals surface area contributed by atoms with Crippen molar-refractivity contribution in [3.63, 3.8) is 0 Å². The summed E-state index contributed by atoms with van der Waals surface area (Å²) in [6.45, 7) is 5.31. The Morgan fingerprint density at radius 1 is 1.02 bits per heavy atom. The predicted molar refractivity (Wildman–Crippen MR) is 170 cm³/mol. The van der Waals surface area contributed by atoms with Crippen LogP contribution in [-0.2, 0) is 26.2 Å². The van der Waals surface area contributed by atoms with Crippen LogP contribution in [0.5, 0.6) is 5.75 Å². The highest BCUT2D eigenvalue weighted by molar-refractivity contribution is 7.92. The van der Waals surface area contributed by atoms with Gasteiger partial charge in [-0.2, -0.15) is 0 Å². The number of sulfonamides is 1. The number of ether oxygens (including phenoxy) is 1. The van der Waals surface area contributed by atoms with Gasteiger partial charge in [0.1, 0.15) is 18.3 Å². The lowest BCUT2D eigenvalue weighted by Crippen LogP contribution is -2.53. The van der Waals surface area contributed by atoms with Gasteiger partial charge in [0.05, 0.1) is 22.7 Å². The molecule has 3 aromatic carbocycles. The Bertz CT molecular complexity index is 1540. The molecule has 8 nitrogen and oxygen atoms in total. The standard InChI is InChI=1S/C33H40ClN3O5S/c1-5-30(33(39)35-26-12-8-9-13-26)36(21-25-11-7-6-10-24(25)3)32(38)22-37(27-16-19-31(42-4)29(34)20-27)43(40,41)28-17-14-23(2)15-18-28/h6-7,10-11,14-20,26,30H,5,8-9,12-13,21-22H2,1-4H3,(H,35,39)/t30-/m0/s1. The van der Waals surface area contributed by atoms with Crippen molar-refractivity contribution < 1.29 is 22.7 Å². The number of methoxy groups -OCH3 is 1. The van der Waals surface area contributed by atoms with Crippen molar-refractivity contribution in [2.45, 2.75) is 76.4 Å². The Balaban J connectivity index is 1.75. The average Bonchev–Trinajstić information content (AvgIpc) is 3.49. The molecule has 0 radical (unpaired) electrons. The Kier molecular flexibility index (Phi) is 10.7. The molecule has 1 N–H and O–H groups in total. The predicted octanol–water partition coefficient (Wildman–Crippen LogP) is 6.03. The second-order valence-corrected chi connectivity index (χ2v) is 13.3. The average molecular weight is 626 g/mol. The van der Waals surface area contributed by atoms with Gasteiger partial charge in [-0.05, 0) is 74.6 Å². The van der Waals surface area contributed by atoms with Crippen molar-refractivity contribution in [1.29, 1.82) is 0 Å². The van der Waals surface area contributed by atoms with E-state index in [1.165, 1.54) is 30.2 Å². The molecule has 1 aliphatic carbocycles. The largest absolute Gasteiger partial charge is 0.495 e. The smallest absolute Gasteiger partial charge is 0.264 e. The van der Waals surface area contributed by atoms with Crippen LogP contribution in [-0.4, -0.2) is 50.9 Å². The van der Waals surface area contributed by atoms with Crippen molar-refractivity contribution in [3.8, 4) is 5.75 Å². The van der Waals surface area contributed by atoms with Gasteiger partial charge in [-0.3, -0.25) is 13.9 Å². The third-order valence-electron chi connectivity index (χ3n) is 8.00. The third-order valence-corrected chi connectivity index (χ3v) is 10.1. The van der Waals surface area contributed by atoms with Crippen LogP contribution in [0.1, 0.15) is 55.7 Å². The molecule has 0 spiro atoms. The zero-order valence-corrected chi connectivity index (χ0v) is 26.7. The Hall–Kier alpha value is -3.56. The molecule has 0 unspecified atom stereocenters. The maximum absolute atomic E-state index is 14.3. The van der Waals surface area contributed by atoms with Gasteiger partial charge in [0.15, 0.2) is 0 Å². The van der Waals surface area contributed by atoms with E-state index < -0.39 is 28.5 Å². The van der Waals surface area contributed by atoms with E-state index in [9.17, 15) is 18.0 Å². The van der Waals surface area contributed by atoms with E-state index in [0.29, 0.717) is 12.2 Å². The molecule has 3 aromatic rings. The Morgan fingerprint density at radius 3 is 2.30 bits per heavy atom. The number of hydrogen-bond acceptors (Lipinski definition) is 5. The second kappa shape index (κ2) is 14.3. The lowest BCUT2D eigenvalue weighted by molar-refractivity contribution is -0.140. The number of amides is 2. The van der Waals surface area contributed by atoms with E-state index >= 15 is 0 Å². The van der Waals surface area contributed by atoms with Gasteiger partial charge in [0.2, 0.25) is 11.8 Å². The molecule has 1 aliphatic rings. The molecular weight excluding hydrogens is 586 g/mol. The fraction of sp³-hybridized carbons (Fsp3) is 0.394. The van der Waals surface area contributed by atoms with Crippen LogP contribution in [0, 0.1) is 13.8 Å². The van der Waals surface area contributed by atoms with E-state index in [1.54, 1.807) is 24.3 Å². The normalized spacial score (nSPS) is 14.3. The van der Waals surface area contributed by atoms with Crippen LogP contribution < -0.4 is 14.4 Å². The molecule has 1 atom stereocenters. The topological polar surface area (TPSA) is 96.0 Å². The Labute approximate surface area is 260 Å². The molecule has 230 valence electrons. The summed E-state index contributed by atoms with van der Waals surface area (Å²) in [4.78, 5) is 29.5. The molecule has 0 aliphatic heterocycles. The van der Waals surface area contributed by atoms with Gasteiger partial charge in [0.25, 0.3) is 10.0 Å². The number of benzene rings is 3. The lowest BCUT2D eigenvalue weighted by Gasteiger charge is -2.34. The van der Waals surface area contributed by atoms with Gasteiger partial charge in [0, 0.05) is 12.6 Å². The quantitative estimate of drug-likeness (QED) is 0.265.